The molecule has 1 unspecified atom stereocenters. The van der Waals surface area contributed by atoms with E-state index < -0.39 is 17.7 Å². The molecule has 1 aromatic rings. The first kappa shape index (κ1) is 10.6. The summed E-state index contributed by atoms with van der Waals surface area (Å²) in [5, 5.41) is 0. The Morgan fingerprint density at radius 3 is 2.53 bits per heavy atom. The van der Waals surface area contributed by atoms with Crippen molar-refractivity contribution in [2.45, 2.75) is 32.2 Å². The SMILES string of the molecule is Cc1ccc(F)c(C(N)C2CCC2)c1F. The van der Waals surface area contributed by atoms with Crippen molar-refractivity contribution in [2.24, 2.45) is 11.7 Å². The summed E-state index contributed by atoms with van der Waals surface area (Å²) in [4.78, 5) is 0. The monoisotopic (exact) mass is 211 g/mol. The second kappa shape index (κ2) is 3.89. The van der Waals surface area contributed by atoms with Gasteiger partial charge >= 0.3 is 0 Å². The van der Waals surface area contributed by atoms with Gasteiger partial charge in [0, 0.05) is 11.6 Å². The lowest BCUT2D eigenvalue weighted by Gasteiger charge is -2.32. The summed E-state index contributed by atoms with van der Waals surface area (Å²) in [5.41, 5.74) is 6.42. The van der Waals surface area contributed by atoms with Crippen molar-refractivity contribution in [1.82, 2.24) is 0 Å². The van der Waals surface area contributed by atoms with E-state index in [2.05, 4.69) is 0 Å². The van der Waals surface area contributed by atoms with Gasteiger partial charge in [0.15, 0.2) is 0 Å². The van der Waals surface area contributed by atoms with Crippen LogP contribution in [0.5, 0.6) is 0 Å². The molecule has 0 saturated heterocycles. The molecule has 1 aliphatic carbocycles. The van der Waals surface area contributed by atoms with Crippen molar-refractivity contribution >= 4 is 0 Å². The summed E-state index contributed by atoms with van der Waals surface area (Å²) in [5.74, 6) is -0.748. The molecule has 0 aliphatic heterocycles. The Morgan fingerprint density at radius 1 is 1.33 bits per heavy atom. The molecule has 82 valence electrons. The minimum Gasteiger partial charge on any atom is -0.324 e. The van der Waals surface area contributed by atoms with Crippen LogP contribution in [0.1, 0.15) is 36.4 Å². The van der Waals surface area contributed by atoms with E-state index in [4.69, 9.17) is 5.73 Å². The van der Waals surface area contributed by atoms with Gasteiger partial charge in [-0.05, 0) is 37.3 Å². The minimum atomic E-state index is -0.516. The van der Waals surface area contributed by atoms with Crippen LogP contribution in [0.25, 0.3) is 0 Å². The summed E-state index contributed by atoms with van der Waals surface area (Å²) in [6.45, 7) is 1.63. The maximum absolute atomic E-state index is 13.7. The first-order valence-electron chi connectivity index (χ1n) is 5.31. The van der Waals surface area contributed by atoms with Crippen LogP contribution in [0.2, 0.25) is 0 Å². The van der Waals surface area contributed by atoms with E-state index in [-0.39, 0.29) is 11.5 Å². The Bertz CT molecular complexity index is 372. The van der Waals surface area contributed by atoms with Gasteiger partial charge in [-0.25, -0.2) is 8.78 Å². The second-order valence-electron chi connectivity index (χ2n) is 4.31. The first-order chi connectivity index (χ1) is 7.11. The molecule has 0 heterocycles. The van der Waals surface area contributed by atoms with Gasteiger partial charge in [-0.3, -0.25) is 0 Å². The smallest absolute Gasteiger partial charge is 0.133 e. The summed E-state index contributed by atoms with van der Waals surface area (Å²) in [6.07, 6.45) is 3.08. The zero-order chi connectivity index (χ0) is 11.0. The number of aryl methyl sites for hydroxylation is 1. The molecule has 2 N–H and O–H groups in total. The highest BCUT2D eigenvalue weighted by Crippen LogP contribution is 2.38. The summed E-state index contributed by atoms with van der Waals surface area (Å²) in [6, 6.07) is 2.26. The summed E-state index contributed by atoms with van der Waals surface area (Å²) in [7, 11) is 0. The van der Waals surface area contributed by atoms with Gasteiger partial charge < -0.3 is 5.73 Å². The molecule has 0 radical (unpaired) electrons. The Morgan fingerprint density at radius 2 is 2.00 bits per heavy atom. The molecule has 1 saturated carbocycles. The molecule has 1 aliphatic rings. The molecule has 0 aromatic heterocycles. The Labute approximate surface area is 88.3 Å². The fourth-order valence-electron chi connectivity index (χ4n) is 2.02. The lowest BCUT2D eigenvalue weighted by atomic mass is 9.77. The predicted octanol–water partition coefficient (Wildman–Crippen LogP) is 3.07. The molecule has 15 heavy (non-hydrogen) atoms. The zero-order valence-electron chi connectivity index (χ0n) is 8.76. The predicted molar refractivity (Wildman–Crippen MR) is 55.4 cm³/mol. The standard InChI is InChI=1S/C12H15F2N/c1-7-5-6-9(13)10(11(7)14)12(15)8-3-2-4-8/h5-6,8,12H,2-4,15H2,1H3. The Hall–Kier alpha value is -0.960. The molecular formula is C12H15F2N. The highest BCUT2D eigenvalue weighted by atomic mass is 19.1. The number of benzene rings is 1. The maximum atomic E-state index is 13.7. The van der Waals surface area contributed by atoms with Crippen molar-refractivity contribution in [3.8, 4) is 0 Å². The number of halogens is 2. The fraction of sp³-hybridized carbons (Fsp3) is 0.500. The van der Waals surface area contributed by atoms with Crippen LogP contribution in [-0.2, 0) is 0 Å². The number of nitrogens with two attached hydrogens (primary N) is 1. The maximum Gasteiger partial charge on any atom is 0.133 e. The van der Waals surface area contributed by atoms with Crippen molar-refractivity contribution in [3.05, 3.63) is 34.9 Å². The van der Waals surface area contributed by atoms with E-state index in [1.165, 1.54) is 12.1 Å². The second-order valence-corrected chi connectivity index (χ2v) is 4.31. The van der Waals surface area contributed by atoms with Crippen molar-refractivity contribution < 1.29 is 8.78 Å². The quantitative estimate of drug-likeness (QED) is 0.799. The molecule has 2 rings (SSSR count). The largest absolute Gasteiger partial charge is 0.324 e. The number of rotatable bonds is 2. The summed E-state index contributed by atoms with van der Waals surface area (Å²) < 4.78 is 27.2. The average Bonchev–Trinajstić information content (AvgIpc) is 2.09. The first-order valence-corrected chi connectivity index (χ1v) is 5.31. The molecule has 0 spiro atoms. The Kier molecular flexibility index (Phi) is 2.74. The fourth-order valence-corrected chi connectivity index (χ4v) is 2.02. The van der Waals surface area contributed by atoms with E-state index in [1.54, 1.807) is 6.92 Å². The van der Waals surface area contributed by atoms with Crippen LogP contribution in [0, 0.1) is 24.5 Å². The van der Waals surface area contributed by atoms with Gasteiger partial charge in [-0.2, -0.15) is 0 Å². The third-order valence-electron chi connectivity index (χ3n) is 3.31. The molecule has 0 bridgehead atoms. The molecular weight excluding hydrogens is 196 g/mol. The van der Waals surface area contributed by atoms with Gasteiger partial charge in [-0.1, -0.05) is 12.5 Å². The van der Waals surface area contributed by atoms with E-state index in [9.17, 15) is 8.78 Å². The van der Waals surface area contributed by atoms with Gasteiger partial charge in [-0.15, -0.1) is 0 Å². The average molecular weight is 211 g/mol. The van der Waals surface area contributed by atoms with Crippen molar-refractivity contribution in [1.29, 1.82) is 0 Å². The van der Waals surface area contributed by atoms with Crippen LogP contribution in [0.4, 0.5) is 8.78 Å². The minimum absolute atomic E-state index is 0.0692. The van der Waals surface area contributed by atoms with Gasteiger partial charge in [0.1, 0.15) is 11.6 Å². The van der Waals surface area contributed by atoms with E-state index in [1.807, 2.05) is 0 Å². The van der Waals surface area contributed by atoms with Crippen molar-refractivity contribution in [2.75, 3.05) is 0 Å². The van der Waals surface area contributed by atoms with E-state index in [0.717, 1.165) is 19.3 Å². The van der Waals surface area contributed by atoms with Crippen LogP contribution >= 0.6 is 0 Å². The lowest BCUT2D eigenvalue weighted by molar-refractivity contribution is 0.256. The van der Waals surface area contributed by atoms with Crippen LogP contribution in [0.15, 0.2) is 12.1 Å². The van der Waals surface area contributed by atoms with Gasteiger partial charge in [0.2, 0.25) is 0 Å². The molecule has 1 atom stereocenters. The zero-order valence-corrected chi connectivity index (χ0v) is 8.76. The normalized spacial score (nSPS) is 18.7. The third-order valence-corrected chi connectivity index (χ3v) is 3.31. The van der Waals surface area contributed by atoms with E-state index in [0.29, 0.717) is 5.56 Å². The Balaban J connectivity index is 2.36. The molecule has 3 heteroatoms. The lowest BCUT2D eigenvalue weighted by Crippen LogP contribution is -2.28. The number of hydrogen-bond donors (Lipinski definition) is 1. The summed E-state index contributed by atoms with van der Waals surface area (Å²) >= 11 is 0. The topological polar surface area (TPSA) is 26.0 Å². The highest BCUT2D eigenvalue weighted by Gasteiger charge is 2.29. The van der Waals surface area contributed by atoms with Gasteiger partial charge in [0.25, 0.3) is 0 Å². The van der Waals surface area contributed by atoms with Crippen LogP contribution in [-0.4, -0.2) is 0 Å². The third kappa shape index (κ3) is 1.76. The molecule has 1 fully saturated rings. The number of hydrogen-bond acceptors (Lipinski definition) is 1. The van der Waals surface area contributed by atoms with Crippen LogP contribution < -0.4 is 5.73 Å². The molecule has 0 amide bonds. The molecule has 1 aromatic carbocycles. The highest BCUT2D eigenvalue weighted by molar-refractivity contribution is 5.29. The van der Waals surface area contributed by atoms with Crippen LogP contribution in [0.3, 0.4) is 0 Å². The van der Waals surface area contributed by atoms with Gasteiger partial charge in [0.05, 0.1) is 0 Å². The van der Waals surface area contributed by atoms with E-state index >= 15 is 0 Å². The molecule has 1 nitrogen and oxygen atoms in total. The van der Waals surface area contributed by atoms with Crippen molar-refractivity contribution in [3.63, 3.8) is 0 Å².